The predicted octanol–water partition coefficient (Wildman–Crippen LogP) is 1.73. The topological polar surface area (TPSA) is 24.5 Å². The Bertz CT molecular complexity index is 156. The highest BCUT2D eigenvalue weighted by atomic mass is 16.5. The lowest BCUT2D eigenvalue weighted by molar-refractivity contribution is 0.103. The van der Waals surface area contributed by atoms with Gasteiger partial charge in [-0.3, -0.25) is 0 Å². The second-order valence-electron chi connectivity index (χ2n) is 5.13. The van der Waals surface area contributed by atoms with Gasteiger partial charge in [-0.25, -0.2) is 0 Å². The second-order valence-corrected chi connectivity index (χ2v) is 5.13. The standard InChI is InChI=1S/C13H28N2O/c1-15(2)10-5-8-14-9-11-16-12-13-6-3-4-7-13/h13-14H,3-12H2,1-2H3. The molecule has 0 aromatic heterocycles. The fraction of sp³-hybridized carbons (Fsp3) is 1.00. The Morgan fingerprint density at radius 2 is 1.94 bits per heavy atom. The van der Waals surface area contributed by atoms with E-state index in [0.717, 1.165) is 38.8 Å². The van der Waals surface area contributed by atoms with E-state index in [1.165, 1.54) is 32.1 Å². The minimum Gasteiger partial charge on any atom is -0.380 e. The van der Waals surface area contributed by atoms with Gasteiger partial charge in [0.2, 0.25) is 0 Å². The molecule has 0 unspecified atom stereocenters. The van der Waals surface area contributed by atoms with Crippen molar-refractivity contribution in [1.29, 1.82) is 0 Å². The Hall–Kier alpha value is -0.120. The third-order valence-electron chi connectivity index (χ3n) is 3.21. The molecule has 0 amide bonds. The maximum absolute atomic E-state index is 5.67. The SMILES string of the molecule is CN(C)CCCNCCOCC1CCCC1. The van der Waals surface area contributed by atoms with E-state index in [9.17, 15) is 0 Å². The quantitative estimate of drug-likeness (QED) is 0.608. The van der Waals surface area contributed by atoms with Crippen LogP contribution in [0.1, 0.15) is 32.1 Å². The number of nitrogens with one attached hydrogen (secondary N) is 1. The fourth-order valence-electron chi connectivity index (χ4n) is 2.22. The van der Waals surface area contributed by atoms with Crippen molar-refractivity contribution < 1.29 is 4.74 Å². The average Bonchev–Trinajstić information content (AvgIpc) is 2.74. The van der Waals surface area contributed by atoms with Crippen LogP contribution in [0.4, 0.5) is 0 Å². The van der Waals surface area contributed by atoms with Gasteiger partial charge in [0.15, 0.2) is 0 Å². The molecule has 96 valence electrons. The molecule has 1 rings (SSSR count). The third kappa shape index (κ3) is 7.20. The van der Waals surface area contributed by atoms with Gasteiger partial charge in [0.05, 0.1) is 6.61 Å². The first-order chi connectivity index (χ1) is 7.79. The maximum Gasteiger partial charge on any atom is 0.0591 e. The lowest BCUT2D eigenvalue weighted by Crippen LogP contribution is -2.25. The second kappa shape index (κ2) is 8.97. The molecular weight excluding hydrogens is 200 g/mol. The van der Waals surface area contributed by atoms with Crippen LogP contribution in [0, 0.1) is 5.92 Å². The summed E-state index contributed by atoms with van der Waals surface area (Å²) in [5, 5.41) is 3.41. The molecule has 0 aromatic rings. The van der Waals surface area contributed by atoms with Crippen molar-refractivity contribution in [2.45, 2.75) is 32.1 Å². The van der Waals surface area contributed by atoms with E-state index >= 15 is 0 Å². The lowest BCUT2D eigenvalue weighted by atomic mass is 10.1. The summed E-state index contributed by atoms with van der Waals surface area (Å²) >= 11 is 0. The molecule has 16 heavy (non-hydrogen) atoms. The van der Waals surface area contributed by atoms with E-state index in [1.807, 2.05) is 0 Å². The van der Waals surface area contributed by atoms with Gasteiger partial charge in [-0.1, -0.05) is 12.8 Å². The lowest BCUT2D eigenvalue weighted by Gasteiger charge is -2.11. The molecule has 0 atom stereocenters. The first-order valence-electron chi connectivity index (χ1n) is 6.72. The van der Waals surface area contributed by atoms with Crippen LogP contribution in [0.5, 0.6) is 0 Å². The summed E-state index contributed by atoms with van der Waals surface area (Å²) in [6, 6.07) is 0. The zero-order chi connectivity index (χ0) is 11.6. The third-order valence-corrected chi connectivity index (χ3v) is 3.21. The van der Waals surface area contributed by atoms with Crippen molar-refractivity contribution in [3.63, 3.8) is 0 Å². The molecule has 1 aliphatic rings. The summed E-state index contributed by atoms with van der Waals surface area (Å²) in [6.07, 6.45) is 6.82. The monoisotopic (exact) mass is 228 g/mol. The smallest absolute Gasteiger partial charge is 0.0591 e. The highest BCUT2D eigenvalue weighted by Gasteiger charge is 2.14. The number of rotatable bonds is 9. The molecular formula is C13H28N2O. The van der Waals surface area contributed by atoms with Gasteiger partial charge < -0.3 is 15.0 Å². The van der Waals surface area contributed by atoms with Gasteiger partial charge in [0, 0.05) is 13.2 Å². The summed E-state index contributed by atoms with van der Waals surface area (Å²) < 4.78 is 5.67. The van der Waals surface area contributed by atoms with E-state index in [1.54, 1.807) is 0 Å². The summed E-state index contributed by atoms with van der Waals surface area (Å²) in [5.74, 6) is 0.855. The fourth-order valence-corrected chi connectivity index (χ4v) is 2.22. The Morgan fingerprint density at radius 3 is 2.62 bits per heavy atom. The average molecular weight is 228 g/mol. The number of nitrogens with zero attached hydrogens (tertiary/aromatic N) is 1. The van der Waals surface area contributed by atoms with Crippen molar-refractivity contribution in [3.05, 3.63) is 0 Å². The van der Waals surface area contributed by atoms with Crippen molar-refractivity contribution in [2.75, 3.05) is 46.9 Å². The Kier molecular flexibility index (Phi) is 7.81. The first-order valence-corrected chi connectivity index (χ1v) is 6.72. The van der Waals surface area contributed by atoms with Gasteiger partial charge in [0.25, 0.3) is 0 Å². The van der Waals surface area contributed by atoms with Gasteiger partial charge in [-0.15, -0.1) is 0 Å². The van der Waals surface area contributed by atoms with Gasteiger partial charge in [0.1, 0.15) is 0 Å². The molecule has 1 saturated carbocycles. The minimum absolute atomic E-state index is 0.855. The number of ether oxygens (including phenoxy) is 1. The molecule has 3 heteroatoms. The molecule has 1 aliphatic carbocycles. The van der Waals surface area contributed by atoms with E-state index in [-0.39, 0.29) is 0 Å². The van der Waals surface area contributed by atoms with Gasteiger partial charge >= 0.3 is 0 Å². The van der Waals surface area contributed by atoms with E-state index in [2.05, 4.69) is 24.3 Å². The van der Waals surface area contributed by atoms with Crippen LogP contribution in [-0.4, -0.2) is 51.8 Å². The van der Waals surface area contributed by atoms with Crippen LogP contribution in [0.3, 0.4) is 0 Å². The summed E-state index contributed by atoms with van der Waals surface area (Å²) in [6.45, 7) is 5.12. The van der Waals surface area contributed by atoms with Gasteiger partial charge in [-0.2, -0.15) is 0 Å². The molecule has 0 radical (unpaired) electrons. The van der Waals surface area contributed by atoms with Crippen LogP contribution in [0.25, 0.3) is 0 Å². The molecule has 0 heterocycles. The van der Waals surface area contributed by atoms with Crippen molar-refractivity contribution >= 4 is 0 Å². The zero-order valence-electron chi connectivity index (χ0n) is 11.0. The van der Waals surface area contributed by atoms with E-state index in [0.29, 0.717) is 0 Å². The Morgan fingerprint density at radius 1 is 1.19 bits per heavy atom. The molecule has 0 aromatic carbocycles. The van der Waals surface area contributed by atoms with Crippen molar-refractivity contribution in [3.8, 4) is 0 Å². The molecule has 0 aliphatic heterocycles. The number of hydrogen-bond donors (Lipinski definition) is 1. The highest BCUT2D eigenvalue weighted by molar-refractivity contribution is 4.66. The Balaban J connectivity index is 1.74. The maximum atomic E-state index is 5.67. The van der Waals surface area contributed by atoms with Crippen LogP contribution < -0.4 is 5.32 Å². The van der Waals surface area contributed by atoms with Crippen molar-refractivity contribution in [2.24, 2.45) is 5.92 Å². The molecule has 3 nitrogen and oxygen atoms in total. The van der Waals surface area contributed by atoms with Crippen LogP contribution >= 0.6 is 0 Å². The van der Waals surface area contributed by atoms with Crippen LogP contribution in [0.2, 0.25) is 0 Å². The van der Waals surface area contributed by atoms with E-state index in [4.69, 9.17) is 4.74 Å². The predicted molar refractivity (Wildman–Crippen MR) is 68.8 cm³/mol. The van der Waals surface area contributed by atoms with Crippen molar-refractivity contribution in [1.82, 2.24) is 10.2 Å². The van der Waals surface area contributed by atoms with Gasteiger partial charge in [-0.05, 0) is 52.4 Å². The molecule has 0 saturated heterocycles. The van der Waals surface area contributed by atoms with Crippen LogP contribution in [0.15, 0.2) is 0 Å². The number of hydrogen-bond acceptors (Lipinski definition) is 3. The molecule has 0 bridgehead atoms. The first kappa shape index (κ1) is 13.9. The zero-order valence-corrected chi connectivity index (χ0v) is 11.0. The summed E-state index contributed by atoms with van der Waals surface area (Å²) in [5.41, 5.74) is 0. The Labute approximate surface area is 101 Å². The largest absolute Gasteiger partial charge is 0.380 e. The highest BCUT2D eigenvalue weighted by Crippen LogP contribution is 2.24. The molecule has 1 N–H and O–H groups in total. The summed E-state index contributed by atoms with van der Waals surface area (Å²) in [7, 11) is 4.23. The minimum atomic E-state index is 0.855. The normalized spacial score (nSPS) is 17.4. The van der Waals surface area contributed by atoms with Crippen LogP contribution in [-0.2, 0) is 4.74 Å². The van der Waals surface area contributed by atoms with E-state index < -0.39 is 0 Å². The summed E-state index contributed by atoms with van der Waals surface area (Å²) in [4.78, 5) is 2.22. The molecule has 0 spiro atoms. The molecule has 1 fully saturated rings.